The van der Waals surface area contributed by atoms with Crippen LogP contribution >= 0.6 is 33.9 Å². The molecule has 0 bridgehead atoms. The summed E-state index contributed by atoms with van der Waals surface area (Å²) >= 11 is 3.87. The third kappa shape index (κ3) is 8.43. The van der Waals surface area contributed by atoms with Crippen LogP contribution in [0.4, 0.5) is 13.2 Å². The number of hydrogen-bond acceptors (Lipinski definition) is 3. The Bertz CT molecular complexity index is 409. The van der Waals surface area contributed by atoms with Crippen molar-refractivity contribution in [3.05, 3.63) is 19.9 Å². The molecule has 0 spiro atoms. The Balaban J connectivity index is 2.05. The number of ether oxygens (including phenoxy) is 1. The van der Waals surface area contributed by atoms with Crippen molar-refractivity contribution in [1.82, 2.24) is 5.32 Å². The van der Waals surface area contributed by atoms with E-state index >= 15 is 0 Å². The fourth-order valence-corrected chi connectivity index (χ4v) is 3.01. The molecule has 0 aliphatic carbocycles. The van der Waals surface area contributed by atoms with Crippen LogP contribution < -0.4 is 5.32 Å². The molecular weight excluding hydrogens is 394 g/mol. The Morgan fingerprint density at radius 1 is 1.42 bits per heavy atom. The zero-order chi connectivity index (χ0) is 14.3. The third-order valence-electron chi connectivity index (χ3n) is 2.06. The fourth-order valence-electron chi connectivity index (χ4n) is 1.25. The van der Waals surface area contributed by atoms with E-state index in [9.17, 15) is 18.0 Å². The van der Waals surface area contributed by atoms with Crippen molar-refractivity contribution in [3.8, 4) is 0 Å². The maximum absolute atomic E-state index is 11.7. The highest BCUT2D eigenvalue weighted by Crippen LogP contribution is 2.18. The molecule has 1 heterocycles. The van der Waals surface area contributed by atoms with Crippen LogP contribution in [0.25, 0.3) is 0 Å². The number of rotatable bonds is 7. The quantitative estimate of drug-likeness (QED) is 0.558. The number of amides is 1. The smallest absolute Gasteiger partial charge is 0.372 e. The average Bonchev–Trinajstić information content (AvgIpc) is 2.69. The largest absolute Gasteiger partial charge is 0.411 e. The summed E-state index contributed by atoms with van der Waals surface area (Å²) in [7, 11) is 0. The van der Waals surface area contributed by atoms with Gasteiger partial charge in [0.15, 0.2) is 0 Å². The Morgan fingerprint density at radius 3 is 2.74 bits per heavy atom. The second-order valence-electron chi connectivity index (χ2n) is 3.72. The standard InChI is InChI=1S/C11H13F3INO2S/c12-11(13,14)7-18-6-4-10(17)16-5-3-8-1-2-9(15)19-8/h1-2H,3-7H2,(H,16,17). The average molecular weight is 407 g/mol. The molecule has 1 aromatic heterocycles. The topological polar surface area (TPSA) is 38.3 Å². The van der Waals surface area contributed by atoms with Gasteiger partial charge in [-0.1, -0.05) is 0 Å². The molecule has 108 valence electrons. The van der Waals surface area contributed by atoms with Crippen molar-refractivity contribution >= 4 is 39.8 Å². The van der Waals surface area contributed by atoms with Crippen molar-refractivity contribution in [2.75, 3.05) is 19.8 Å². The van der Waals surface area contributed by atoms with E-state index in [4.69, 9.17) is 0 Å². The number of carbonyl (C=O) groups excluding carboxylic acids is 1. The van der Waals surface area contributed by atoms with Crippen LogP contribution in [0, 0.1) is 2.88 Å². The minimum Gasteiger partial charge on any atom is -0.372 e. The van der Waals surface area contributed by atoms with E-state index in [1.807, 2.05) is 12.1 Å². The van der Waals surface area contributed by atoms with Crippen LogP contribution in [0.1, 0.15) is 11.3 Å². The van der Waals surface area contributed by atoms with Crippen molar-refractivity contribution in [1.29, 1.82) is 0 Å². The summed E-state index contributed by atoms with van der Waals surface area (Å²) < 4.78 is 40.8. The first-order valence-corrected chi connectivity index (χ1v) is 7.42. The lowest BCUT2D eigenvalue weighted by Gasteiger charge is -2.07. The van der Waals surface area contributed by atoms with Gasteiger partial charge in [0.25, 0.3) is 0 Å². The molecule has 0 unspecified atom stereocenters. The maximum Gasteiger partial charge on any atom is 0.411 e. The molecule has 0 aliphatic heterocycles. The summed E-state index contributed by atoms with van der Waals surface area (Å²) in [6.45, 7) is -1.05. The summed E-state index contributed by atoms with van der Waals surface area (Å²) in [5.41, 5.74) is 0. The van der Waals surface area contributed by atoms with Gasteiger partial charge in [-0.2, -0.15) is 13.2 Å². The van der Waals surface area contributed by atoms with Gasteiger partial charge in [-0.15, -0.1) is 11.3 Å². The van der Waals surface area contributed by atoms with E-state index in [0.717, 1.165) is 11.3 Å². The fraction of sp³-hybridized carbons (Fsp3) is 0.545. The Labute approximate surface area is 126 Å². The molecule has 0 saturated heterocycles. The van der Waals surface area contributed by atoms with Gasteiger partial charge in [0.05, 0.1) is 9.49 Å². The molecule has 3 nitrogen and oxygen atoms in total. The van der Waals surface area contributed by atoms with E-state index in [1.54, 1.807) is 11.3 Å². The second-order valence-corrected chi connectivity index (χ2v) is 6.79. The molecule has 1 N–H and O–H groups in total. The Morgan fingerprint density at radius 2 is 2.16 bits per heavy atom. The van der Waals surface area contributed by atoms with Crippen LogP contribution in [0.2, 0.25) is 0 Å². The highest BCUT2D eigenvalue weighted by Gasteiger charge is 2.27. The monoisotopic (exact) mass is 407 g/mol. The van der Waals surface area contributed by atoms with Gasteiger partial charge < -0.3 is 10.1 Å². The SMILES string of the molecule is O=C(CCOCC(F)(F)F)NCCc1ccc(I)s1. The lowest BCUT2D eigenvalue weighted by atomic mass is 10.3. The zero-order valence-corrected chi connectivity index (χ0v) is 12.9. The summed E-state index contributed by atoms with van der Waals surface area (Å²) in [5.74, 6) is -0.298. The summed E-state index contributed by atoms with van der Waals surface area (Å²) in [6, 6.07) is 3.98. The lowest BCUT2D eigenvalue weighted by Crippen LogP contribution is -2.27. The third-order valence-corrected chi connectivity index (χ3v) is 4.02. The molecule has 8 heteroatoms. The Hall–Kier alpha value is -0.350. The van der Waals surface area contributed by atoms with Crippen LogP contribution in [0.3, 0.4) is 0 Å². The highest BCUT2D eigenvalue weighted by molar-refractivity contribution is 14.1. The van der Waals surface area contributed by atoms with Gasteiger partial charge in [-0.05, 0) is 41.1 Å². The van der Waals surface area contributed by atoms with Gasteiger partial charge in [-0.3, -0.25) is 4.79 Å². The lowest BCUT2D eigenvalue weighted by molar-refractivity contribution is -0.174. The van der Waals surface area contributed by atoms with Crippen LogP contribution in [0.5, 0.6) is 0 Å². The van der Waals surface area contributed by atoms with Crippen molar-refractivity contribution in [3.63, 3.8) is 0 Å². The van der Waals surface area contributed by atoms with Crippen LogP contribution in [-0.2, 0) is 16.0 Å². The van der Waals surface area contributed by atoms with E-state index in [-0.39, 0.29) is 18.9 Å². The number of thiophene rings is 1. The first-order chi connectivity index (χ1) is 8.87. The molecular formula is C11H13F3INO2S. The zero-order valence-electron chi connectivity index (χ0n) is 9.93. The normalized spacial score (nSPS) is 11.6. The van der Waals surface area contributed by atoms with Crippen molar-refractivity contribution in [2.45, 2.75) is 19.0 Å². The maximum atomic E-state index is 11.7. The minimum absolute atomic E-state index is 0.0575. The van der Waals surface area contributed by atoms with Gasteiger partial charge in [0.2, 0.25) is 5.91 Å². The number of carbonyl (C=O) groups is 1. The minimum atomic E-state index is -4.34. The number of halogens is 4. The van der Waals surface area contributed by atoms with Gasteiger partial charge in [-0.25, -0.2) is 0 Å². The molecule has 0 radical (unpaired) electrons. The van der Waals surface area contributed by atoms with Crippen molar-refractivity contribution < 1.29 is 22.7 Å². The van der Waals surface area contributed by atoms with Crippen LogP contribution in [0.15, 0.2) is 12.1 Å². The number of alkyl halides is 3. The Kier molecular flexibility index (Phi) is 7.08. The molecule has 0 aromatic carbocycles. The predicted octanol–water partition coefficient (Wildman–Crippen LogP) is 2.98. The first kappa shape index (κ1) is 16.7. The summed E-state index contributed by atoms with van der Waals surface area (Å²) in [4.78, 5) is 12.5. The van der Waals surface area contributed by atoms with Gasteiger partial charge in [0.1, 0.15) is 6.61 Å². The molecule has 0 saturated carbocycles. The second kappa shape index (κ2) is 8.05. The molecule has 1 amide bonds. The van der Waals surface area contributed by atoms with E-state index in [2.05, 4.69) is 32.6 Å². The summed E-state index contributed by atoms with van der Waals surface area (Å²) in [5, 5.41) is 2.64. The molecule has 0 fully saturated rings. The van der Waals surface area contributed by atoms with Crippen LogP contribution in [-0.4, -0.2) is 31.8 Å². The molecule has 1 aromatic rings. The predicted molar refractivity (Wildman–Crippen MR) is 75.2 cm³/mol. The number of nitrogens with one attached hydrogen (secondary N) is 1. The molecule has 0 atom stereocenters. The first-order valence-electron chi connectivity index (χ1n) is 5.52. The van der Waals surface area contributed by atoms with Gasteiger partial charge >= 0.3 is 6.18 Å². The number of hydrogen-bond donors (Lipinski definition) is 1. The van der Waals surface area contributed by atoms with Gasteiger partial charge in [0, 0.05) is 17.8 Å². The summed E-state index contributed by atoms with van der Waals surface area (Å²) in [6.07, 6.45) is -3.67. The molecule has 0 aliphatic rings. The van der Waals surface area contributed by atoms with E-state index in [1.165, 1.54) is 2.88 Å². The van der Waals surface area contributed by atoms with E-state index in [0.29, 0.717) is 6.54 Å². The highest BCUT2D eigenvalue weighted by atomic mass is 127. The molecule has 19 heavy (non-hydrogen) atoms. The van der Waals surface area contributed by atoms with E-state index < -0.39 is 12.8 Å². The van der Waals surface area contributed by atoms with Crippen molar-refractivity contribution in [2.24, 2.45) is 0 Å². The molecule has 1 rings (SSSR count).